The van der Waals surface area contributed by atoms with Gasteiger partial charge in [0.15, 0.2) is 0 Å². The molecule has 1 aromatic carbocycles. The summed E-state index contributed by atoms with van der Waals surface area (Å²) in [6.45, 7) is 5.17. The minimum absolute atomic E-state index is 0.0149. The molecule has 2 aromatic rings. The van der Waals surface area contributed by atoms with E-state index in [1.807, 2.05) is 18.2 Å². The van der Waals surface area contributed by atoms with Gasteiger partial charge in [-0.2, -0.15) is 0 Å². The van der Waals surface area contributed by atoms with Crippen molar-refractivity contribution >= 4 is 27.5 Å². The Morgan fingerprint density at radius 3 is 2.89 bits per heavy atom. The summed E-state index contributed by atoms with van der Waals surface area (Å²) in [5, 5.41) is 3.93. The lowest BCUT2D eigenvalue weighted by atomic mass is 10.3. The molecule has 102 valence electrons. The Labute approximate surface area is 117 Å². The van der Waals surface area contributed by atoms with Crippen LogP contribution in [0.25, 0.3) is 10.2 Å². The largest absolute Gasteiger partial charge is 0.355 e. The van der Waals surface area contributed by atoms with Crippen LogP contribution < -0.4 is 5.32 Å². The van der Waals surface area contributed by atoms with E-state index in [0.29, 0.717) is 6.54 Å². The van der Waals surface area contributed by atoms with Crippen molar-refractivity contribution in [3.05, 3.63) is 29.3 Å². The van der Waals surface area contributed by atoms with Crippen molar-refractivity contribution in [1.82, 2.24) is 15.2 Å². The van der Waals surface area contributed by atoms with E-state index < -0.39 is 0 Å². The number of nitrogens with one attached hydrogen (secondary N) is 1. The minimum Gasteiger partial charge on any atom is -0.355 e. The molecule has 1 N–H and O–H groups in total. The fourth-order valence-electron chi connectivity index (χ4n) is 1.86. The summed E-state index contributed by atoms with van der Waals surface area (Å²) in [5.74, 6) is 0.0149. The Morgan fingerprint density at radius 1 is 1.47 bits per heavy atom. The number of nitrogens with zero attached hydrogens (tertiary/aromatic N) is 2. The zero-order valence-electron chi connectivity index (χ0n) is 11.5. The number of benzene rings is 1. The van der Waals surface area contributed by atoms with Gasteiger partial charge in [-0.1, -0.05) is 12.1 Å². The van der Waals surface area contributed by atoms with Gasteiger partial charge in [0.1, 0.15) is 5.01 Å². The number of amides is 1. The molecule has 1 aromatic heterocycles. The second kappa shape index (κ2) is 6.12. The summed E-state index contributed by atoms with van der Waals surface area (Å²) in [6, 6.07) is 8.44. The van der Waals surface area contributed by atoms with E-state index in [4.69, 9.17) is 0 Å². The normalized spacial score (nSPS) is 12.8. The van der Waals surface area contributed by atoms with Gasteiger partial charge in [-0.15, -0.1) is 11.3 Å². The Bertz CT molecular complexity index is 534. The Balaban J connectivity index is 2.01. The molecule has 0 fully saturated rings. The van der Waals surface area contributed by atoms with Gasteiger partial charge in [-0.3, -0.25) is 9.69 Å². The van der Waals surface area contributed by atoms with Crippen LogP contribution in [0.15, 0.2) is 24.3 Å². The highest BCUT2D eigenvalue weighted by molar-refractivity contribution is 7.18. The molecule has 0 aliphatic rings. The Morgan fingerprint density at radius 2 is 2.21 bits per heavy atom. The highest BCUT2D eigenvalue weighted by Gasteiger charge is 2.15. The zero-order chi connectivity index (χ0) is 13.8. The quantitative estimate of drug-likeness (QED) is 0.913. The molecular weight excluding hydrogens is 258 g/mol. The lowest BCUT2D eigenvalue weighted by molar-refractivity contribution is -0.119. The molecule has 5 heteroatoms. The number of aromatic nitrogens is 1. The van der Waals surface area contributed by atoms with Crippen LogP contribution in [-0.2, 0) is 4.79 Å². The van der Waals surface area contributed by atoms with Crippen LogP contribution in [0.4, 0.5) is 0 Å². The number of hydrogen-bond acceptors (Lipinski definition) is 4. The monoisotopic (exact) mass is 277 g/mol. The van der Waals surface area contributed by atoms with Crippen molar-refractivity contribution in [3.8, 4) is 0 Å². The topological polar surface area (TPSA) is 45.2 Å². The van der Waals surface area contributed by atoms with Crippen LogP contribution in [0.2, 0.25) is 0 Å². The van der Waals surface area contributed by atoms with Gasteiger partial charge in [0.2, 0.25) is 5.91 Å². The maximum atomic E-state index is 10.8. The molecule has 1 heterocycles. The molecule has 0 radical (unpaired) electrons. The standard InChI is InChI=1S/C14H19N3OS/c1-10(17(3)9-8-15-11(2)18)14-16-12-6-4-5-7-13(12)19-14/h4-7,10H,8-9H2,1-3H3,(H,15,18)/t10-/m1/s1. The van der Waals surface area contributed by atoms with Crippen molar-refractivity contribution < 1.29 is 4.79 Å². The molecule has 1 amide bonds. The smallest absolute Gasteiger partial charge is 0.216 e. The van der Waals surface area contributed by atoms with Crippen molar-refractivity contribution in [3.63, 3.8) is 0 Å². The van der Waals surface area contributed by atoms with Crippen molar-refractivity contribution in [2.45, 2.75) is 19.9 Å². The number of likely N-dealkylation sites (N-methyl/N-ethyl adjacent to an activating group) is 1. The summed E-state index contributed by atoms with van der Waals surface area (Å²) in [6.07, 6.45) is 0. The van der Waals surface area contributed by atoms with Crippen LogP contribution in [0.5, 0.6) is 0 Å². The van der Waals surface area contributed by atoms with Gasteiger partial charge in [0.05, 0.1) is 16.3 Å². The number of carbonyl (C=O) groups is 1. The Kier molecular flexibility index (Phi) is 4.50. The van der Waals surface area contributed by atoms with Crippen molar-refractivity contribution in [2.75, 3.05) is 20.1 Å². The fourth-order valence-corrected chi connectivity index (χ4v) is 2.94. The van der Waals surface area contributed by atoms with Gasteiger partial charge >= 0.3 is 0 Å². The first-order valence-corrected chi connectivity index (χ1v) is 7.19. The van der Waals surface area contributed by atoms with Crippen LogP contribution in [0, 0.1) is 0 Å². The van der Waals surface area contributed by atoms with Crippen LogP contribution in [0.3, 0.4) is 0 Å². The minimum atomic E-state index is 0.0149. The summed E-state index contributed by atoms with van der Waals surface area (Å²) in [5.41, 5.74) is 1.06. The second-order valence-corrected chi connectivity index (χ2v) is 5.72. The molecule has 0 saturated heterocycles. The highest BCUT2D eigenvalue weighted by atomic mass is 32.1. The number of thiazole rings is 1. The molecule has 19 heavy (non-hydrogen) atoms. The first-order chi connectivity index (χ1) is 9.08. The van der Waals surface area contributed by atoms with Gasteiger partial charge in [-0.25, -0.2) is 4.98 Å². The Hall–Kier alpha value is -1.46. The van der Waals surface area contributed by atoms with Crippen LogP contribution in [-0.4, -0.2) is 35.9 Å². The third-order valence-electron chi connectivity index (χ3n) is 3.17. The predicted octanol–water partition coefficient (Wildman–Crippen LogP) is 2.43. The first-order valence-electron chi connectivity index (χ1n) is 6.38. The van der Waals surface area contributed by atoms with Crippen molar-refractivity contribution in [2.24, 2.45) is 0 Å². The van der Waals surface area contributed by atoms with Gasteiger partial charge in [-0.05, 0) is 26.1 Å². The van der Waals surface area contributed by atoms with Crippen molar-refractivity contribution in [1.29, 1.82) is 0 Å². The SMILES string of the molecule is CC(=O)NCCN(C)[C@H](C)c1nc2ccccc2s1. The molecule has 0 aliphatic heterocycles. The summed E-state index contributed by atoms with van der Waals surface area (Å²) in [4.78, 5) is 17.7. The molecular formula is C14H19N3OS. The lowest BCUT2D eigenvalue weighted by Gasteiger charge is -2.22. The van der Waals surface area contributed by atoms with E-state index in [-0.39, 0.29) is 11.9 Å². The summed E-state index contributed by atoms with van der Waals surface area (Å²) >= 11 is 1.73. The van der Waals surface area contributed by atoms with Crippen LogP contribution in [0.1, 0.15) is 24.9 Å². The molecule has 2 rings (SSSR count). The number of para-hydroxylation sites is 1. The second-order valence-electron chi connectivity index (χ2n) is 4.66. The molecule has 1 atom stereocenters. The summed E-state index contributed by atoms with van der Waals surface area (Å²) in [7, 11) is 2.05. The van der Waals surface area contributed by atoms with E-state index in [1.165, 1.54) is 11.6 Å². The molecule has 0 unspecified atom stereocenters. The van der Waals surface area contributed by atoms with Gasteiger partial charge < -0.3 is 5.32 Å². The van der Waals surface area contributed by atoms with Gasteiger partial charge in [0, 0.05) is 20.0 Å². The summed E-state index contributed by atoms with van der Waals surface area (Å²) < 4.78 is 1.22. The molecule has 0 aliphatic carbocycles. The third kappa shape index (κ3) is 3.52. The molecule has 0 spiro atoms. The van der Waals surface area contributed by atoms with E-state index in [9.17, 15) is 4.79 Å². The average Bonchev–Trinajstić information content (AvgIpc) is 2.80. The van der Waals surface area contributed by atoms with E-state index in [0.717, 1.165) is 17.1 Å². The zero-order valence-corrected chi connectivity index (χ0v) is 12.3. The highest BCUT2D eigenvalue weighted by Crippen LogP contribution is 2.28. The number of carbonyl (C=O) groups excluding carboxylic acids is 1. The molecule has 4 nitrogen and oxygen atoms in total. The molecule has 0 bridgehead atoms. The fraction of sp³-hybridized carbons (Fsp3) is 0.429. The molecule has 0 saturated carbocycles. The third-order valence-corrected chi connectivity index (χ3v) is 4.37. The maximum Gasteiger partial charge on any atom is 0.216 e. The number of hydrogen-bond donors (Lipinski definition) is 1. The predicted molar refractivity (Wildman–Crippen MR) is 79.3 cm³/mol. The lowest BCUT2D eigenvalue weighted by Crippen LogP contribution is -2.33. The van der Waals surface area contributed by atoms with E-state index in [2.05, 4.69) is 35.2 Å². The van der Waals surface area contributed by atoms with E-state index in [1.54, 1.807) is 11.3 Å². The average molecular weight is 277 g/mol. The number of fused-ring (bicyclic) bond motifs is 1. The number of rotatable bonds is 5. The first kappa shape index (κ1) is 14.0. The van der Waals surface area contributed by atoms with E-state index >= 15 is 0 Å². The van der Waals surface area contributed by atoms with Gasteiger partial charge in [0.25, 0.3) is 0 Å². The maximum absolute atomic E-state index is 10.8. The van der Waals surface area contributed by atoms with Crippen LogP contribution >= 0.6 is 11.3 Å².